The SMILES string of the molecule is C.CCC(C)C(C)C(=O)Cl.CCC(C)C(C)C(=O)NS(C)(=O)=O.CS(=O)(=O)Cl.CS(N)(=O)=O.I. The van der Waals surface area contributed by atoms with E-state index in [9.17, 15) is 34.8 Å². The van der Waals surface area contributed by atoms with Crippen molar-refractivity contribution in [3.8, 4) is 0 Å². The third kappa shape index (κ3) is 49.4. The highest BCUT2D eigenvalue weighted by Crippen LogP contribution is 2.16. The van der Waals surface area contributed by atoms with E-state index in [2.05, 4.69) is 22.7 Å². The Bertz CT molecular complexity index is 822. The molecule has 10 nitrogen and oxygen atoms in total. The Labute approximate surface area is 234 Å². The number of rotatable bonds is 7. The minimum atomic E-state index is -3.41. The average Bonchev–Trinajstić information content (AvgIpc) is 2.54. The zero-order chi connectivity index (χ0) is 27.1. The summed E-state index contributed by atoms with van der Waals surface area (Å²) in [6, 6.07) is 0. The lowest BCUT2D eigenvalue weighted by Gasteiger charge is -2.16. The normalized spacial score (nSPS) is 14.1. The number of halogens is 3. The van der Waals surface area contributed by atoms with E-state index in [4.69, 9.17) is 11.6 Å². The van der Waals surface area contributed by atoms with Gasteiger partial charge in [-0.05, 0) is 23.4 Å². The maximum atomic E-state index is 11.3. The standard InChI is InChI=1S/C8H17NO3S.C7H13ClO.CH3ClO2S.CH5NO2S.CH4.HI/c1-5-6(2)7(3)8(10)9-13(4,11)12;1-4-5(2)6(3)7(8)9;2*1-5(2,3)4;;/h6-7H,5H2,1-4H3,(H,9,10);5-6H,4H2,1-3H3;1H3;1H3,(H2,2,3,4);1H4;1H. The summed E-state index contributed by atoms with van der Waals surface area (Å²) in [5.41, 5.74) is 0. The van der Waals surface area contributed by atoms with E-state index >= 15 is 0 Å². The number of nitrogens with two attached hydrogens (primary N) is 1. The molecule has 0 rings (SSSR count). The molecule has 0 saturated heterocycles. The Kier molecular flexibility index (Phi) is 31.3. The van der Waals surface area contributed by atoms with Crippen LogP contribution in [0.15, 0.2) is 0 Å². The van der Waals surface area contributed by atoms with Gasteiger partial charge in [0, 0.05) is 22.5 Å². The number of hydrogen-bond acceptors (Lipinski definition) is 8. The van der Waals surface area contributed by atoms with Gasteiger partial charge in [-0.25, -0.2) is 30.4 Å². The summed E-state index contributed by atoms with van der Waals surface area (Å²) in [7, 11) is -5.27. The first-order valence-corrected chi connectivity index (χ1v) is 16.4. The maximum Gasteiger partial charge on any atom is 0.236 e. The van der Waals surface area contributed by atoms with Gasteiger partial charge in [-0.2, -0.15) is 0 Å². The summed E-state index contributed by atoms with van der Waals surface area (Å²) in [4.78, 5) is 21.8. The molecule has 3 N–H and O–H groups in total. The van der Waals surface area contributed by atoms with Crippen molar-refractivity contribution in [1.82, 2.24) is 4.72 Å². The fourth-order valence-electron chi connectivity index (χ4n) is 1.46. The Balaban J connectivity index is -0.0000000817. The Morgan fingerprint density at radius 3 is 1.21 bits per heavy atom. The highest BCUT2D eigenvalue weighted by molar-refractivity contribution is 14.0. The van der Waals surface area contributed by atoms with Crippen LogP contribution in [-0.2, 0) is 38.7 Å². The van der Waals surface area contributed by atoms with Crippen LogP contribution in [-0.4, -0.2) is 55.2 Å². The van der Waals surface area contributed by atoms with Crippen LogP contribution in [0.2, 0.25) is 0 Å². The van der Waals surface area contributed by atoms with Gasteiger partial charge in [0.25, 0.3) is 0 Å². The molecule has 0 spiro atoms. The molecule has 0 aliphatic rings. The second-order valence-corrected chi connectivity index (χ2v) is 14.2. The molecule has 34 heavy (non-hydrogen) atoms. The number of carbonyl (C=O) groups excluding carboxylic acids is 2. The van der Waals surface area contributed by atoms with Crippen LogP contribution < -0.4 is 9.86 Å². The third-order valence-corrected chi connectivity index (χ3v) is 4.97. The van der Waals surface area contributed by atoms with Crippen molar-refractivity contribution in [3.63, 3.8) is 0 Å². The van der Waals surface area contributed by atoms with Crippen LogP contribution in [0, 0.1) is 23.7 Å². The van der Waals surface area contributed by atoms with E-state index in [-0.39, 0.29) is 54.4 Å². The molecule has 1 amide bonds. The second kappa shape index (κ2) is 22.5. The van der Waals surface area contributed by atoms with E-state index in [0.717, 1.165) is 31.6 Å². The van der Waals surface area contributed by atoms with Crippen molar-refractivity contribution in [2.75, 3.05) is 18.8 Å². The van der Waals surface area contributed by atoms with Crippen LogP contribution in [0.25, 0.3) is 0 Å². The first-order chi connectivity index (χ1) is 13.9. The minimum absolute atomic E-state index is 0. The fraction of sp³-hybridized carbons (Fsp3) is 0.889. The molecule has 16 heteroatoms. The van der Waals surface area contributed by atoms with Crippen LogP contribution in [0.3, 0.4) is 0 Å². The summed E-state index contributed by atoms with van der Waals surface area (Å²) in [5, 5.41) is 4.11. The molecule has 0 saturated carbocycles. The van der Waals surface area contributed by atoms with Crippen LogP contribution >= 0.6 is 46.3 Å². The third-order valence-electron chi connectivity index (χ3n) is 4.05. The highest BCUT2D eigenvalue weighted by atomic mass is 127. The predicted molar refractivity (Wildman–Crippen MR) is 153 cm³/mol. The van der Waals surface area contributed by atoms with Gasteiger partial charge in [0.05, 0.1) is 18.8 Å². The number of amides is 1. The van der Waals surface area contributed by atoms with Gasteiger partial charge in [-0.15, -0.1) is 24.0 Å². The second-order valence-electron chi connectivity index (χ2n) is 7.40. The molecule has 4 unspecified atom stereocenters. The summed E-state index contributed by atoms with van der Waals surface area (Å²) in [6.45, 7) is 11.6. The van der Waals surface area contributed by atoms with E-state index in [1.165, 1.54) is 0 Å². The predicted octanol–water partition coefficient (Wildman–Crippen LogP) is 3.52. The minimum Gasteiger partial charge on any atom is -0.281 e. The molecule has 0 fully saturated rings. The topological polar surface area (TPSA) is 175 Å². The first-order valence-electron chi connectivity index (χ1n) is 9.45. The van der Waals surface area contributed by atoms with Crippen molar-refractivity contribution in [2.45, 2.75) is 61.8 Å². The van der Waals surface area contributed by atoms with E-state index < -0.39 is 35.0 Å². The molecular weight excluding hydrogens is 666 g/mol. The van der Waals surface area contributed by atoms with Crippen molar-refractivity contribution in [3.05, 3.63) is 0 Å². The molecule has 0 heterocycles. The molecular formula is C18H43Cl2IN2O8S3. The Morgan fingerprint density at radius 1 is 0.824 bits per heavy atom. The Morgan fingerprint density at radius 2 is 1.06 bits per heavy atom. The van der Waals surface area contributed by atoms with E-state index in [1.54, 1.807) is 6.92 Å². The number of hydrogen-bond donors (Lipinski definition) is 2. The van der Waals surface area contributed by atoms with Gasteiger partial charge < -0.3 is 0 Å². The van der Waals surface area contributed by atoms with Gasteiger partial charge in [-0.3, -0.25) is 14.3 Å². The van der Waals surface area contributed by atoms with Gasteiger partial charge in [0.2, 0.25) is 40.2 Å². The first kappa shape index (κ1) is 47.5. The molecule has 0 aliphatic carbocycles. The molecule has 0 aliphatic heterocycles. The zero-order valence-electron chi connectivity index (χ0n) is 20.5. The largest absolute Gasteiger partial charge is 0.281 e. The number of primary sulfonamides is 1. The lowest BCUT2D eigenvalue weighted by molar-refractivity contribution is -0.124. The van der Waals surface area contributed by atoms with E-state index in [0.29, 0.717) is 5.92 Å². The fourth-order valence-corrected chi connectivity index (χ4v) is 2.23. The lowest BCUT2D eigenvalue weighted by Crippen LogP contribution is -2.36. The van der Waals surface area contributed by atoms with Gasteiger partial charge in [0.1, 0.15) is 0 Å². The smallest absolute Gasteiger partial charge is 0.236 e. The highest BCUT2D eigenvalue weighted by Gasteiger charge is 2.21. The number of carbonyl (C=O) groups is 2. The molecule has 0 bridgehead atoms. The maximum absolute atomic E-state index is 11.3. The quantitative estimate of drug-likeness (QED) is 0.298. The van der Waals surface area contributed by atoms with Crippen LogP contribution in [0.5, 0.6) is 0 Å². The summed E-state index contributed by atoms with van der Waals surface area (Å²) in [5.74, 6) is -0.0648. The van der Waals surface area contributed by atoms with Crippen molar-refractivity contribution < 1.29 is 34.8 Å². The summed E-state index contributed by atoms with van der Waals surface area (Å²) < 4.78 is 61.0. The van der Waals surface area contributed by atoms with Crippen LogP contribution in [0.4, 0.5) is 0 Å². The molecule has 212 valence electrons. The Hall–Kier alpha value is 0.260. The van der Waals surface area contributed by atoms with E-state index in [1.807, 2.05) is 32.4 Å². The zero-order valence-corrected chi connectivity index (χ0v) is 26.7. The van der Waals surface area contributed by atoms with Crippen molar-refractivity contribution >= 4 is 86.5 Å². The van der Waals surface area contributed by atoms with Gasteiger partial charge in [0.15, 0.2) is 0 Å². The molecule has 0 aromatic heterocycles. The molecule has 0 aromatic rings. The van der Waals surface area contributed by atoms with Crippen LogP contribution in [0.1, 0.15) is 61.8 Å². The number of nitrogens with one attached hydrogen (secondary N) is 1. The average molecular weight is 710 g/mol. The number of sulfonamides is 2. The van der Waals surface area contributed by atoms with Crippen molar-refractivity contribution in [1.29, 1.82) is 0 Å². The summed E-state index contributed by atoms with van der Waals surface area (Å²) >= 11 is 5.26. The van der Waals surface area contributed by atoms with Gasteiger partial charge in [-0.1, -0.05) is 61.8 Å². The summed E-state index contributed by atoms with van der Waals surface area (Å²) in [6.07, 6.45) is 4.72. The molecule has 0 radical (unpaired) electrons. The van der Waals surface area contributed by atoms with Gasteiger partial charge >= 0.3 is 0 Å². The lowest BCUT2D eigenvalue weighted by atomic mass is 9.93. The van der Waals surface area contributed by atoms with Crippen molar-refractivity contribution in [2.24, 2.45) is 28.8 Å². The molecule has 4 atom stereocenters. The molecule has 0 aromatic carbocycles. The monoisotopic (exact) mass is 708 g/mol.